The van der Waals surface area contributed by atoms with Crippen molar-refractivity contribution < 1.29 is 9.53 Å². The van der Waals surface area contributed by atoms with Crippen molar-refractivity contribution in [2.24, 2.45) is 0 Å². The summed E-state index contributed by atoms with van der Waals surface area (Å²) in [5.41, 5.74) is 1.26. The molecule has 0 spiro atoms. The zero-order valence-corrected chi connectivity index (χ0v) is 14.6. The minimum Gasteiger partial charge on any atom is -0.372 e. The standard InChI is InChI=1S/C17H20ClNO2S/c1-4-12-5-6-13-14(7-12)22-16(15(13)18)17(20)19-8-10(2)21-11(3)9-19/h5-7,10-11H,4,8-9H2,1-3H3. The molecule has 5 heteroatoms. The first-order valence-electron chi connectivity index (χ1n) is 7.65. The minimum absolute atomic E-state index is 0.0197. The van der Waals surface area contributed by atoms with Crippen LogP contribution in [0.25, 0.3) is 10.1 Å². The molecule has 1 aromatic heterocycles. The fourth-order valence-corrected chi connectivity index (χ4v) is 4.50. The first-order chi connectivity index (χ1) is 10.5. The number of hydrogen-bond donors (Lipinski definition) is 0. The molecule has 2 unspecified atom stereocenters. The molecule has 2 aromatic rings. The van der Waals surface area contributed by atoms with Gasteiger partial charge < -0.3 is 9.64 Å². The van der Waals surface area contributed by atoms with Crippen molar-refractivity contribution in [3.8, 4) is 0 Å². The molecule has 1 saturated heterocycles. The number of ether oxygens (including phenoxy) is 1. The molecule has 2 atom stereocenters. The van der Waals surface area contributed by atoms with E-state index in [1.165, 1.54) is 16.9 Å². The van der Waals surface area contributed by atoms with E-state index in [1.54, 1.807) is 0 Å². The second-order valence-corrected chi connectivity index (χ2v) is 7.33. The lowest BCUT2D eigenvalue weighted by molar-refractivity contribution is -0.0584. The van der Waals surface area contributed by atoms with Gasteiger partial charge in [0.15, 0.2) is 0 Å². The lowest BCUT2D eigenvalue weighted by Gasteiger charge is -2.35. The van der Waals surface area contributed by atoms with E-state index >= 15 is 0 Å². The zero-order valence-electron chi connectivity index (χ0n) is 13.1. The van der Waals surface area contributed by atoms with Crippen LogP contribution < -0.4 is 0 Å². The number of morpholine rings is 1. The maximum Gasteiger partial charge on any atom is 0.265 e. The van der Waals surface area contributed by atoms with Gasteiger partial charge in [-0.1, -0.05) is 30.7 Å². The van der Waals surface area contributed by atoms with Crippen molar-refractivity contribution in [1.82, 2.24) is 4.90 Å². The molecule has 3 rings (SSSR count). The van der Waals surface area contributed by atoms with E-state index in [0.29, 0.717) is 23.0 Å². The molecule has 1 fully saturated rings. The maximum atomic E-state index is 12.8. The summed E-state index contributed by atoms with van der Waals surface area (Å²) in [6, 6.07) is 6.23. The number of carbonyl (C=O) groups is 1. The van der Waals surface area contributed by atoms with Crippen LogP contribution >= 0.6 is 22.9 Å². The average molecular weight is 338 g/mol. The number of nitrogens with zero attached hydrogens (tertiary/aromatic N) is 1. The summed E-state index contributed by atoms with van der Waals surface area (Å²) < 4.78 is 6.78. The van der Waals surface area contributed by atoms with Crippen LogP contribution in [0.15, 0.2) is 18.2 Å². The third-order valence-electron chi connectivity index (χ3n) is 4.00. The number of rotatable bonds is 2. The Morgan fingerprint density at radius 3 is 2.68 bits per heavy atom. The van der Waals surface area contributed by atoms with Crippen molar-refractivity contribution in [3.05, 3.63) is 33.7 Å². The second-order valence-electron chi connectivity index (χ2n) is 5.90. The Bertz CT molecular complexity index is 702. The van der Waals surface area contributed by atoms with Gasteiger partial charge in [0.05, 0.1) is 17.2 Å². The quantitative estimate of drug-likeness (QED) is 0.814. The van der Waals surface area contributed by atoms with E-state index < -0.39 is 0 Å². The molecular formula is C17H20ClNO2S. The van der Waals surface area contributed by atoms with Crippen LogP contribution in [0.3, 0.4) is 0 Å². The smallest absolute Gasteiger partial charge is 0.265 e. The summed E-state index contributed by atoms with van der Waals surface area (Å²) in [5.74, 6) is 0.0197. The Kier molecular flexibility index (Phi) is 4.44. The Balaban J connectivity index is 1.95. The van der Waals surface area contributed by atoms with Crippen molar-refractivity contribution in [2.45, 2.75) is 39.4 Å². The minimum atomic E-state index is 0.0197. The molecule has 118 valence electrons. The van der Waals surface area contributed by atoms with Crippen LogP contribution in [-0.2, 0) is 11.2 Å². The highest BCUT2D eigenvalue weighted by atomic mass is 35.5. The lowest BCUT2D eigenvalue weighted by Crippen LogP contribution is -2.48. The highest BCUT2D eigenvalue weighted by Gasteiger charge is 2.29. The fourth-order valence-electron chi connectivity index (χ4n) is 2.95. The van der Waals surface area contributed by atoms with Gasteiger partial charge in [0.25, 0.3) is 5.91 Å². The van der Waals surface area contributed by atoms with E-state index in [9.17, 15) is 4.79 Å². The largest absolute Gasteiger partial charge is 0.372 e. The molecule has 22 heavy (non-hydrogen) atoms. The summed E-state index contributed by atoms with van der Waals surface area (Å²) in [5, 5.41) is 1.56. The Morgan fingerprint density at radius 1 is 1.36 bits per heavy atom. The van der Waals surface area contributed by atoms with Crippen molar-refractivity contribution >= 4 is 38.9 Å². The van der Waals surface area contributed by atoms with E-state index in [4.69, 9.17) is 16.3 Å². The number of fused-ring (bicyclic) bond motifs is 1. The van der Waals surface area contributed by atoms with Crippen LogP contribution in [-0.4, -0.2) is 36.1 Å². The third-order valence-corrected chi connectivity index (χ3v) is 5.65. The number of amides is 1. The predicted octanol–water partition coefficient (Wildman–Crippen LogP) is 4.37. The average Bonchev–Trinajstić information content (AvgIpc) is 2.82. The van der Waals surface area contributed by atoms with Gasteiger partial charge in [-0.05, 0) is 31.9 Å². The molecular weight excluding hydrogens is 318 g/mol. The molecule has 0 bridgehead atoms. The van der Waals surface area contributed by atoms with Crippen molar-refractivity contribution in [2.75, 3.05) is 13.1 Å². The number of benzene rings is 1. The Labute approximate surface area is 139 Å². The summed E-state index contributed by atoms with van der Waals surface area (Å²) in [6.07, 6.45) is 1.10. The lowest BCUT2D eigenvalue weighted by atomic mass is 10.1. The molecule has 1 amide bonds. The van der Waals surface area contributed by atoms with Gasteiger partial charge in [0.1, 0.15) is 4.88 Å². The fraction of sp³-hybridized carbons (Fsp3) is 0.471. The molecule has 1 aliphatic heterocycles. The van der Waals surface area contributed by atoms with Gasteiger partial charge in [-0.2, -0.15) is 0 Å². The Hall–Kier alpha value is -1.10. The van der Waals surface area contributed by atoms with E-state index in [0.717, 1.165) is 16.5 Å². The monoisotopic (exact) mass is 337 g/mol. The number of thiophene rings is 1. The number of halogens is 1. The first-order valence-corrected chi connectivity index (χ1v) is 8.84. The summed E-state index contributed by atoms with van der Waals surface area (Å²) >= 11 is 7.96. The van der Waals surface area contributed by atoms with Crippen LogP contribution in [0.1, 0.15) is 36.0 Å². The highest BCUT2D eigenvalue weighted by molar-refractivity contribution is 7.21. The van der Waals surface area contributed by atoms with Gasteiger partial charge in [-0.15, -0.1) is 11.3 Å². The van der Waals surface area contributed by atoms with Gasteiger partial charge in [0, 0.05) is 23.2 Å². The second kappa shape index (κ2) is 6.19. The molecule has 2 heterocycles. The number of aryl methyl sites for hydroxylation is 1. The van der Waals surface area contributed by atoms with Crippen LogP contribution in [0.5, 0.6) is 0 Å². The molecule has 0 radical (unpaired) electrons. The van der Waals surface area contributed by atoms with Crippen molar-refractivity contribution in [3.63, 3.8) is 0 Å². The summed E-state index contributed by atoms with van der Waals surface area (Å²) in [4.78, 5) is 15.3. The SMILES string of the molecule is CCc1ccc2c(Cl)c(C(=O)N3CC(C)OC(C)C3)sc2c1. The maximum absolute atomic E-state index is 12.8. The Morgan fingerprint density at radius 2 is 2.05 bits per heavy atom. The molecule has 3 nitrogen and oxygen atoms in total. The normalized spacial score (nSPS) is 22.3. The number of hydrogen-bond acceptors (Lipinski definition) is 3. The van der Waals surface area contributed by atoms with Gasteiger partial charge in [-0.25, -0.2) is 0 Å². The first kappa shape index (κ1) is 15.8. The van der Waals surface area contributed by atoms with Gasteiger partial charge in [0.2, 0.25) is 0 Å². The molecule has 0 N–H and O–H groups in total. The van der Waals surface area contributed by atoms with Crippen LogP contribution in [0.4, 0.5) is 0 Å². The molecule has 1 aliphatic rings. The summed E-state index contributed by atoms with van der Waals surface area (Å²) in [6.45, 7) is 7.35. The van der Waals surface area contributed by atoms with Gasteiger partial charge in [-0.3, -0.25) is 4.79 Å². The van der Waals surface area contributed by atoms with Crippen molar-refractivity contribution in [1.29, 1.82) is 0 Å². The third kappa shape index (κ3) is 2.87. The van der Waals surface area contributed by atoms with Crippen LogP contribution in [0.2, 0.25) is 5.02 Å². The van der Waals surface area contributed by atoms with Crippen LogP contribution in [0, 0.1) is 0 Å². The van der Waals surface area contributed by atoms with E-state index in [-0.39, 0.29) is 18.1 Å². The highest BCUT2D eigenvalue weighted by Crippen LogP contribution is 2.37. The summed E-state index contributed by atoms with van der Waals surface area (Å²) in [7, 11) is 0. The zero-order chi connectivity index (χ0) is 15.9. The topological polar surface area (TPSA) is 29.5 Å². The van der Waals surface area contributed by atoms with E-state index in [1.807, 2.05) is 24.8 Å². The molecule has 0 aliphatic carbocycles. The predicted molar refractivity (Wildman–Crippen MR) is 92.1 cm³/mol. The van der Waals surface area contributed by atoms with Gasteiger partial charge >= 0.3 is 0 Å². The molecule has 0 saturated carbocycles. The van der Waals surface area contributed by atoms with E-state index in [2.05, 4.69) is 19.1 Å². The molecule has 1 aromatic carbocycles. The number of carbonyl (C=O) groups excluding carboxylic acids is 1.